The predicted octanol–water partition coefficient (Wildman–Crippen LogP) is -0.176. The van der Waals surface area contributed by atoms with Crippen molar-refractivity contribution in [3.05, 3.63) is 16.7 Å². The van der Waals surface area contributed by atoms with E-state index < -0.39 is 0 Å². The van der Waals surface area contributed by atoms with Crippen molar-refractivity contribution in [1.82, 2.24) is 15.3 Å². The molecule has 0 aliphatic carbocycles. The molecule has 0 radical (unpaired) electrons. The molecule has 0 aliphatic heterocycles. The van der Waals surface area contributed by atoms with Gasteiger partial charge in [-0.05, 0) is 20.0 Å². The normalized spacial score (nSPS) is 10.2. The molecule has 90 valence electrons. The molecule has 0 aliphatic rings. The van der Waals surface area contributed by atoms with E-state index in [9.17, 15) is 4.79 Å². The fourth-order valence-electron chi connectivity index (χ4n) is 1.43. The largest absolute Gasteiger partial charge is 0.489 e. The van der Waals surface area contributed by atoms with Crippen LogP contribution >= 0.6 is 0 Å². The Balaban J connectivity index is 2.78. The summed E-state index contributed by atoms with van der Waals surface area (Å²) in [5.41, 5.74) is -0.257. The van der Waals surface area contributed by atoms with Crippen LogP contribution in [0.25, 0.3) is 0 Å². The molecule has 0 saturated heterocycles. The molecule has 0 atom stereocenters. The van der Waals surface area contributed by atoms with Gasteiger partial charge >= 0.3 is 0 Å². The van der Waals surface area contributed by atoms with E-state index in [1.54, 1.807) is 0 Å². The van der Waals surface area contributed by atoms with Gasteiger partial charge in [0.05, 0.1) is 13.4 Å². The molecule has 1 aromatic heterocycles. The van der Waals surface area contributed by atoms with Crippen molar-refractivity contribution in [3.63, 3.8) is 0 Å². The van der Waals surface area contributed by atoms with E-state index in [1.165, 1.54) is 13.4 Å². The maximum atomic E-state index is 11.4. The molecule has 0 fully saturated rings. The first-order valence-corrected chi connectivity index (χ1v) is 5.18. The van der Waals surface area contributed by atoms with E-state index >= 15 is 0 Å². The summed E-state index contributed by atoms with van der Waals surface area (Å²) in [6.45, 7) is 1.74. The highest BCUT2D eigenvalue weighted by Crippen LogP contribution is 2.18. The lowest BCUT2D eigenvalue weighted by Gasteiger charge is -2.19. The molecule has 0 aromatic carbocycles. The topological polar surface area (TPSA) is 70.2 Å². The number of anilines is 1. The first-order valence-electron chi connectivity index (χ1n) is 5.18. The van der Waals surface area contributed by atoms with Crippen LogP contribution in [0.3, 0.4) is 0 Å². The van der Waals surface area contributed by atoms with Gasteiger partial charge < -0.3 is 19.9 Å². The summed E-state index contributed by atoms with van der Waals surface area (Å²) in [5.74, 6) is 0.830. The van der Waals surface area contributed by atoms with Gasteiger partial charge in [-0.3, -0.25) is 4.79 Å². The number of aromatic amines is 1. The SMILES string of the molecule is CNCCCN(C)c1nc[nH]c(=O)c1OC. The summed E-state index contributed by atoms with van der Waals surface area (Å²) < 4.78 is 5.04. The minimum absolute atomic E-state index is 0.257. The van der Waals surface area contributed by atoms with E-state index in [0.717, 1.165) is 19.5 Å². The summed E-state index contributed by atoms with van der Waals surface area (Å²) in [6.07, 6.45) is 2.36. The minimum atomic E-state index is -0.257. The molecule has 0 unspecified atom stereocenters. The lowest BCUT2D eigenvalue weighted by molar-refractivity contribution is 0.406. The molecule has 1 aromatic rings. The summed E-state index contributed by atoms with van der Waals surface area (Å²) in [5, 5.41) is 3.07. The molecule has 0 amide bonds. The minimum Gasteiger partial charge on any atom is -0.489 e. The third-order valence-electron chi connectivity index (χ3n) is 2.28. The number of hydrogen-bond donors (Lipinski definition) is 2. The van der Waals surface area contributed by atoms with Crippen molar-refractivity contribution in [2.24, 2.45) is 0 Å². The lowest BCUT2D eigenvalue weighted by atomic mass is 10.3. The van der Waals surface area contributed by atoms with Gasteiger partial charge in [-0.15, -0.1) is 0 Å². The van der Waals surface area contributed by atoms with Crippen molar-refractivity contribution in [1.29, 1.82) is 0 Å². The summed E-state index contributed by atoms with van der Waals surface area (Å²) in [7, 11) is 5.27. The third kappa shape index (κ3) is 2.96. The Kier molecular flexibility index (Phi) is 4.78. The van der Waals surface area contributed by atoms with Crippen LogP contribution in [0.1, 0.15) is 6.42 Å². The number of ether oxygens (including phenoxy) is 1. The van der Waals surface area contributed by atoms with Crippen LogP contribution in [0.2, 0.25) is 0 Å². The highest BCUT2D eigenvalue weighted by atomic mass is 16.5. The average molecular weight is 226 g/mol. The second kappa shape index (κ2) is 6.12. The number of aromatic nitrogens is 2. The Morgan fingerprint density at radius 1 is 1.62 bits per heavy atom. The molecule has 1 rings (SSSR count). The lowest BCUT2D eigenvalue weighted by Crippen LogP contribution is -2.25. The van der Waals surface area contributed by atoms with Crippen LogP contribution in [0, 0.1) is 0 Å². The van der Waals surface area contributed by atoms with Gasteiger partial charge in [-0.25, -0.2) is 4.98 Å². The second-order valence-electron chi connectivity index (χ2n) is 3.47. The molecule has 0 saturated carbocycles. The number of nitrogens with one attached hydrogen (secondary N) is 2. The quantitative estimate of drug-likeness (QED) is 0.659. The van der Waals surface area contributed by atoms with Crippen LogP contribution in [-0.4, -0.2) is 44.3 Å². The first-order chi connectivity index (χ1) is 7.70. The van der Waals surface area contributed by atoms with Gasteiger partial charge in [-0.1, -0.05) is 0 Å². The Morgan fingerprint density at radius 3 is 3.00 bits per heavy atom. The van der Waals surface area contributed by atoms with Crippen LogP contribution in [0.5, 0.6) is 5.75 Å². The average Bonchev–Trinajstić information content (AvgIpc) is 2.29. The Hall–Kier alpha value is -1.56. The monoisotopic (exact) mass is 226 g/mol. The molecule has 2 N–H and O–H groups in total. The van der Waals surface area contributed by atoms with Gasteiger partial charge in [0.1, 0.15) is 0 Å². The van der Waals surface area contributed by atoms with Crippen molar-refractivity contribution >= 4 is 5.82 Å². The van der Waals surface area contributed by atoms with Gasteiger partial charge in [0.2, 0.25) is 5.75 Å². The van der Waals surface area contributed by atoms with Crippen LogP contribution in [0.4, 0.5) is 5.82 Å². The molecule has 0 bridgehead atoms. The predicted molar refractivity (Wildman–Crippen MR) is 63.2 cm³/mol. The van der Waals surface area contributed by atoms with E-state index in [1.807, 2.05) is 19.0 Å². The zero-order chi connectivity index (χ0) is 12.0. The molecule has 1 heterocycles. The molecule has 0 spiro atoms. The summed E-state index contributed by atoms with van der Waals surface area (Å²) >= 11 is 0. The standard InChI is InChI=1S/C10H18N4O2/c1-11-5-4-6-14(2)9-8(16-3)10(15)13-7-12-9/h7,11H,4-6H2,1-3H3,(H,12,13,15). The zero-order valence-corrected chi connectivity index (χ0v) is 9.91. The molecule has 16 heavy (non-hydrogen) atoms. The number of methoxy groups -OCH3 is 1. The maximum absolute atomic E-state index is 11.4. The number of nitrogens with zero attached hydrogens (tertiary/aromatic N) is 2. The Bertz CT molecular complexity index is 377. The van der Waals surface area contributed by atoms with E-state index in [-0.39, 0.29) is 11.3 Å². The molecular formula is C10H18N4O2. The van der Waals surface area contributed by atoms with Crippen molar-refractivity contribution < 1.29 is 4.74 Å². The fourth-order valence-corrected chi connectivity index (χ4v) is 1.43. The van der Waals surface area contributed by atoms with Crippen LogP contribution in [-0.2, 0) is 0 Å². The summed E-state index contributed by atoms with van der Waals surface area (Å²) in [4.78, 5) is 20.0. The highest BCUT2D eigenvalue weighted by molar-refractivity contribution is 5.49. The highest BCUT2D eigenvalue weighted by Gasteiger charge is 2.12. The molecule has 6 heteroatoms. The van der Waals surface area contributed by atoms with Crippen LogP contribution in [0.15, 0.2) is 11.1 Å². The maximum Gasteiger partial charge on any atom is 0.295 e. The van der Waals surface area contributed by atoms with Gasteiger partial charge in [-0.2, -0.15) is 0 Å². The van der Waals surface area contributed by atoms with E-state index in [4.69, 9.17) is 4.74 Å². The van der Waals surface area contributed by atoms with Crippen molar-refractivity contribution in [3.8, 4) is 5.75 Å². The van der Waals surface area contributed by atoms with Crippen molar-refractivity contribution in [2.75, 3.05) is 39.2 Å². The first kappa shape index (κ1) is 12.5. The van der Waals surface area contributed by atoms with Gasteiger partial charge in [0, 0.05) is 13.6 Å². The van der Waals surface area contributed by atoms with Gasteiger partial charge in [0.15, 0.2) is 5.82 Å². The smallest absolute Gasteiger partial charge is 0.295 e. The van der Waals surface area contributed by atoms with Crippen LogP contribution < -0.4 is 20.5 Å². The van der Waals surface area contributed by atoms with Crippen molar-refractivity contribution in [2.45, 2.75) is 6.42 Å². The third-order valence-corrected chi connectivity index (χ3v) is 2.28. The summed E-state index contributed by atoms with van der Waals surface area (Å²) in [6, 6.07) is 0. The number of rotatable bonds is 6. The Morgan fingerprint density at radius 2 is 2.38 bits per heavy atom. The van der Waals surface area contributed by atoms with E-state index in [0.29, 0.717) is 5.82 Å². The molecular weight excluding hydrogens is 208 g/mol. The fraction of sp³-hybridized carbons (Fsp3) is 0.600. The van der Waals surface area contributed by atoms with Gasteiger partial charge in [0.25, 0.3) is 5.56 Å². The molecule has 6 nitrogen and oxygen atoms in total. The second-order valence-corrected chi connectivity index (χ2v) is 3.47. The number of H-pyrrole nitrogens is 1. The Labute approximate surface area is 94.6 Å². The zero-order valence-electron chi connectivity index (χ0n) is 9.91. The van der Waals surface area contributed by atoms with E-state index in [2.05, 4.69) is 15.3 Å². The number of hydrogen-bond acceptors (Lipinski definition) is 5.